The molecule has 0 bridgehead atoms. The first-order valence-electron chi connectivity index (χ1n) is 4.15. The fourth-order valence-corrected chi connectivity index (χ4v) is 0.752. The number of rotatable bonds is 6. The molecule has 11 heavy (non-hydrogen) atoms. The Balaban J connectivity index is 3.50. The predicted molar refractivity (Wildman–Crippen MR) is 50.2 cm³/mol. The first-order chi connectivity index (χ1) is 5.24. The molecule has 0 aliphatic carbocycles. The highest BCUT2D eigenvalue weighted by molar-refractivity contribution is 5.14. The van der Waals surface area contributed by atoms with E-state index in [0.717, 1.165) is 19.6 Å². The van der Waals surface area contributed by atoms with E-state index in [2.05, 4.69) is 32.5 Å². The molecule has 2 nitrogen and oxygen atoms in total. The molecule has 0 aliphatic rings. The molecule has 1 unspecified atom stereocenters. The molecule has 1 atom stereocenters. The van der Waals surface area contributed by atoms with Crippen LogP contribution in [0, 0.1) is 0 Å². The van der Waals surface area contributed by atoms with E-state index in [1.165, 1.54) is 0 Å². The quantitative estimate of drug-likeness (QED) is 0.264. The van der Waals surface area contributed by atoms with Crippen LogP contribution in [0.2, 0.25) is 0 Å². The molecule has 0 fully saturated rings. The molecule has 0 saturated heterocycles. The highest BCUT2D eigenvalue weighted by Gasteiger charge is 2.01. The number of nitrogens with one attached hydrogen (secondary N) is 1. The molecule has 64 valence electrons. The number of nitrogens with zero attached hydrogens (tertiary/aromatic N) is 1. The maximum atomic E-state index is 3.83. The summed E-state index contributed by atoms with van der Waals surface area (Å²) in [4.78, 5) is 0. The second-order valence-corrected chi connectivity index (χ2v) is 2.60. The van der Waals surface area contributed by atoms with Gasteiger partial charge in [-0.25, -0.2) is 4.58 Å². The summed E-state index contributed by atoms with van der Waals surface area (Å²) in [6.45, 7) is 13.6. The van der Waals surface area contributed by atoms with Gasteiger partial charge in [-0.3, -0.25) is 5.32 Å². The van der Waals surface area contributed by atoms with Crippen molar-refractivity contribution < 1.29 is 4.58 Å². The normalized spacial score (nSPS) is 12.5. The molecule has 0 spiro atoms. The minimum atomic E-state index is 0.422. The Morgan fingerprint density at radius 2 is 2.18 bits per heavy atom. The van der Waals surface area contributed by atoms with Crippen molar-refractivity contribution in [3.63, 3.8) is 0 Å². The molecule has 0 aromatic heterocycles. The summed E-state index contributed by atoms with van der Waals surface area (Å²) in [6.07, 6.45) is 3.02. The van der Waals surface area contributed by atoms with Crippen LogP contribution in [0.25, 0.3) is 0 Å². The monoisotopic (exact) mass is 155 g/mol. The van der Waals surface area contributed by atoms with Gasteiger partial charge in [0.1, 0.15) is 13.3 Å². The summed E-state index contributed by atoms with van der Waals surface area (Å²) in [7, 11) is 0. The molecule has 0 aliphatic heterocycles. The lowest BCUT2D eigenvalue weighted by atomic mass is 10.2. The minimum absolute atomic E-state index is 0.422. The Labute approximate surface area is 69.6 Å². The van der Waals surface area contributed by atoms with Crippen molar-refractivity contribution in [2.75, 3.05) is 13.2 Å². The molecule has 0 radical (unpaired) electrons. The largest absolute Gasteiger partial charge is 0.256 e. The van der Waals surface area contributed by atoms with E-state index in [0.29, 0.717) is 6.04 Å². The van der Waals surface area contributed by atoms with Gasteiger partial charge in [-0.1, -0.05) is 13.0 Å². The molecule has 0 heterocycles. The van der Waals surface area contributed by atoms with Crippen LogP contribution in [0.1, 0.15) is 20.3 Å². The first-order valence-corrected chi connectivity index (χ1v) is 4.15. The van der Waals surface area contributed by atoms with Crippen LogP contribution >= 0.6 is 0 Å². The first kappa shape index (κ1) is 10.4. The van der Waals surface area contributed by atoms with Crippen molar-refractivity contribution in [2.45, 2.75) is 26.3 Å². The van der Waals surface area contributed by atoms with Gasteiger partial charge in [-0.05, 0) is 13.3 Å². The minimum Gasteiger partial charge on any atom is -0.256 e. The van der Waals surface area contributed by atoms with E-state index in [1.807, 2.05) is 10.7 Å². The lowest BCUT2D eigenvalue weighted by molar-refractivity contribution is -0.521. The van der Waals surface area contributed by atoms with Crippen molar-refractivity contribution in [3.8, 4) is 0 Å². The third kappa shape index (κ3) is 4.73. The Morgan fingerprint density at radius 1 is 1.55 bits per heavy atom. The maximum Gasteiger partial charge on any atom is 0.196 e. The Kier molecular flexibility index (Phi) is 5.75. The van der Waals surface area contributed by atoms with E-state index in [-0.39, 0.29) is 0 Å². The van der Waals surface area contributed by atoms with Crippen molar-refractivity contribution in [2.24, 2.45) is 0 Å². The topological polar surface area (TPSA) is 15.0 Å². The van der Waals surface area contributed by atoms with Crippen LogP contribution in [0.5, 0.6) is 0 Å². The van der Waals surface area contributed by atoms with Crippen LogP contribution in [0.15, 0.2) is 12.7 Å². The van der Waals surface area contributed by atoms with Crippen LogP contribution in [0.3, 0.4) is 0 Å². The molecule has 0 aromatic carbocycles. The van der Waals surface area contributed by atoms with E-state index in [1.54, 1.807) is 0 Å². The fraction of sp³-hybridized carbons (Fsp3) is 0.667. The second-order valence-electron chi connectivity index (χ2n) is 2.60. The Bertz CT molecular complexity index is 130. The highest BCUT2D eigenvalue weighted by atomic mass is 15.1. The van der Waals surface area contributed by atoms with Gasteiger partial charge in [0.25, 0.3) is 0 Å². The van der Waals surface area contributed by atoms with Crippen LogP contribution in [-0.2, 0) is 0 Å². The van der Waals surface area contributed by atoms with Gasteiger partial charge in [0, 0.05) is 6.04 Å². The van der Waals surface area contributed by atoms with Gasteiger partial charge in [0.05, 0.1) is 0 Å². The van der Waals surface area contributed by atoms with E-state index in [9.17, 15) is 0 Å². The van der Waals surface area contributed by atoms with Gasteiger partial charge >= 0.3 is 0 Å². The van der Waals surface area contributed by atoms with Crippen LogP contribution in [0.4, 0.5) is 0 Å². The van der Waals surface area contributed by atoms with E-state index in [4.69, 9.17) is 0 Å². The van der Waals surface area contributed by atoms with Gasteiger partial charge in [-0.2, -0.15) is 0 Å². The lowest BCUT2D eigenvalue weighted by Gasteiger charge is -2.09. The average Bonchev–Trinajstić information content (AvgIpc) is 2.06. The molecule has 1 N–H and O–H groups in total. The van der Waals surface area contributed by atoms with Gasteiger partial charge in [-0.15, -0.1) is 6.58 Å². The number of hydrogen-bond donors (Lipinski definition) is 1. The molecule has 0 saturated carbocycles. The van der Waals surface area contributed by atoms with Gasteiger partial charge in [0.15, 0.2) is 6.67 Å². The Morgan fingerprint density at radius 3 is 2.55 bits per heavy atom. The van der Waals surface area contributed by atoms with E-state index >= 15 is 0 Å². The zero-order valence-corrected chi connectivity index (χ0v) is 7.64. The Hall–Kier alpha value is -0.630. The smallest absolute Gasteiger partial charge is 0.196 e. The standard InChI is InChI=1S/C9H19N2/c1-5-9(6-2)10-8-11(4)7-3/h5,9-10H,1,4,6-8H2,2-3H3/q+1. The highest BCUT2D eigenvalue weighted by Crippen LogP contribution is 1.89. The average molecular weight is 155 g/mol. The van der Waals surface area contributed by atoms with Crippen LogP contribution in [-0.4, -0.2) is 30.5 Å². The summed E-state index contributed by atoms with van der Waals surface area (Å²) in [5.41, 5.74) is 0. The zero-order valence-electron chi connectivity index (χ0n) is 7.64. The summed E-state index contributed by atoms with van der Waals surface area (Å²) in [5, 5.41) is 3.32. The summed E-state index contributed by atoms with van der Waals surface area (Å²) in [5.74, 6) is 0. The third-order valence-corrected chi connectivity index (χ3v) is 1.75. The fourth-order valence-electron chi connectivity index (χ4n) is 0.752. The summed E-state index contributed by atoms with van der Waals surface area (Å²) >= 11 is 0. The number of hydrogen-bond acceptors (Lipinski definition) is 1. The summed E-state index contributed by atoms with van der Waals surface area (Å²) < 4.78 is 1.98. The van der Waals surface area contributed by atoms with Crippen molar-refractivity contribution >= 4 is 6.72 Å². The van der Waals surface area contributed by atoms with Crippen molar-refractivity contribution in [3.05, 3.63) is 12.7 Å². The van der Waals surface area contributed by atoms with Gasteiger partial charge < -0.3 is 0 Å². The molecular formula is C9H19N2+. The van der Waals surface area contributed by atoms with Crippen molar-refractivity contribution in [1.82, 2.24) is 5.32 Å². The second kappa shape index (κ2) is 6.10. The van der Waals surface area contributed by atoms with Crippen molar-refractivity contribution in [1.29, 1.82) is 0 Å². The third-order valence-electron chi connectivity index (χ3n) is 1.75. The molecule has 0 rings (SSSR count). The summed E-state index contributed by atoms with van der Waals surface area (Å²) in [6, 6.07) is 0.422. The molecule has 0 aromatic rings. The van der Waals surface area contributed by atoms with Gasteiger partial charge in [0.2, 0.25) is 0 Å². The maximum absolute atomic E-state index is 3.83. The SMILES string of the molecule is C=CC(CC)NC[N+](=C)CC. The molecule has 2 heteroatoms. The predicted octanol–water partition coefficient (Wildman–Crippen LogP) is 1.23. The zero-order chi connectivity index (χ0) is 8.69. The van der Waals surface area contributed by atoms with E-state index < -0.39 is 0 Å². The molecular weight excluding hydrogens is 136 g/mol. The lowest BCUT2D eigenvalue weighted by Crippen LogP contribution is -2.33. The van der Waals surface area contributed by atoms with Crippen LogP contribution < -0.4 is 5.32 Å². The molecule has 0 amide bonds.